The molecule has 1 aromatic carbocycles. The van der Waals surface area contributed by atoms with Crippen molar-refractivity contribution in [3.05, 3.63) is 46.6 Å². The lowest BCUT2D eigenvalue weighted by Crippen LogP contribution is -1.99. The van der Waals surface area contributed by atoms with Gasteiger partial charge >= 0.3 is 0 Å². The predicted octanol–water partition coefficient (Wildman–Crippen LogP) is 3.80. The van der Waals surface area contributed by atoms with Gasteiger partial charge in [0, 0.05) is 18.6 Å². The quantitative estimate of drug-likeness (QED) is 0.777. The molecule has 5 heteroatoms. The predicted molar refractivity (Wildman–Crippen MR) is 84.8 cm³/mol. The topological polar surface area (TPSA) is 50.7 Å². The van der Waals surface area contributed by atoms with Crippen LogP contribution in [0.4, 0.5) is 5.82 Å². The number of aryl methyl sites for hydroxylation is 1. The number of hydrogen-bond donors (Lipinski definition) is 1. The summed E-state index contributed by atoms with van der Waals surface area (Å²) in [6.45, 7) is 2.07. The van der Waals surface area contributed by atoms with E-state index in [2.05, 4.69) is 49.2 Å². The van der Waals surface area contributed by atoms with Crippen LogP contribution in [-0.2, 0) is 0 Å². The average molecular weight is 329 g/mol. The molecule has 0 aliphatic rings. The minimum Gasteiger partial charge on any atom is -0.372 e. The van der Waals surface area contributed by atoms with Gasteiger partial charge in [0.15, 0.2) is 5.82 Å². The van der Waals surface area contributed by atoms with Crippen molar-refractivity contribution in [3.63, 3.8) is 0 Å². The van der Waals surface area contributed by atoms with Gasteiger partial charge < -0.3 is 5.32 Å². The van der Waals surface area contributed by atoms with Gasteiger partial charge in [-0.2, -0.15) is 0 Å². The summed E-state index contributed by atoms with van der Waals surface area (Å²) in [5.41, 5.74) is 2.91. The zero-order chi connectivity index (χ0) is 14.1. The van der Waals surface area contributed by atoms with Crippen molar-refractivity contribution in [2.24, 2.45) is 0 Å². The van der Waals surface area contributed by atoms with Gasteiger partial charge in [0.05, 0.1) is 9.99 Å². The second-order valence-electron chi connectivity index (χ2n) is 4.48. The Morgan fingerprint density at radius 3 is 2.75 bits per heavy atom. The van der Waals surface area contributed by atoms with Crippen LogP contribution in [0, 0.1) is 6.92 Å². The molecule has 0 aliphatic heterocycles. The van der Waals surface area contributed by atoms with E-state index < -0.39 is 0 Å². The lowest BCUT2D eigenvalue weighted by atomic mass is 10.1. The van der Waals surface area contributed by atoms with Crippen LogP contribution in [0.1, 0.15) is 5.56 Å². The molecule has 20 heavy (non-hydrogen) atoms. The van der Waals surface area contributed by atoms with Crippen LogP contribution in [0.3, 0.4) is 0 Å². The fraction of sp³-hybridized carbons (Fsp3) is 0.133. The lowest BCUT2D eigenvalue weighted by Gasteiger charge is -2.07. The van der Waals surface area contributed by atoms with E-state index in [-0.39, 0.29) is 0 Å². The molecule has 3 aromatic rings. The smallest absolute Gasteiger partial charge is 0.180 e. The normalized spacial score (nSPS) is 10.8. The summed E-state index contributed by atoms with van der Waals surface area (Å²) in [6.07, 6.45) is 1.74. The van der Waals surface area contributed by atoms with Crippen LogP contribution in [0.25, 0.3) is 22.4 Å². The summed E-state index contributed by atoms with van der Waals surface area (Å²) < 4.78 is 0.835. The van der Waals surface area contributed by atoms with Crippen molar-refractivity contribution in [2.45, 2.75) is 6.92 Å². The molecular weight excluding hydrogens is 316 g/mol. The van der Waals surface area contributed by atoms with Crippen molar-refractivity contribution in [1.29, 1.82) is 0 Å². The van der Waals surface area contributed by atoms with Crippen molar-refractivity contribution in [2.75, 3.05) is 12.4 Å². The van der Waals surface area contributed by atoms with Crippen molar-refractivity contribution in [1.82, 2.24) is 15.0 Å². The number of para-hydroxylation sites is 1. The van der Waals surface area contributed by atoms with Gasteiger partial charge in [0.25, 0.3) is 0 Å². The molecule has 0 fully saturated rings. The third-order valence-corrected chi connectivity index (χ3v) is 3.71. The molecule has 3 rings (SSSR count). The monoisotopic (exact) mass is 328 g/mol. The third kappa shape index (κ3) is 2.25. The van der Waals surface area contributed by atoms with Crippen LogP contribution in [-0.4, -0.2) is 22.0 Å². The molecule has 0 amide bonds. The molecule has 0 saturated carbocycles. The third-order valence-electron chi connectivity index (χ3n) is 3.13. The summed E-state index contributed by atoms with van der Waals surface area (Å²) in [7, 11) is 1.83. The van der Waals surface area contributed by atoms with Gasteiger partial charge in [-0.15, -0.1) is 0 Å². The zero-order valence-corrected chi connectivity index (χ0v) is 12.8. The van der Waals surface area contributed by atoms with Gasteiger partial charge in [-0.3, -0.25) is 0 Å². The van der Waals surface area contributed by atoms with E-state index in [1.54, 1.807) is 6.20 Å². The molecular formula is C15H13BrN4. The Balaban J connectivity index is 2.19. The van der Waals surface area contributed by atoms with E-state index in [4.69, 9.17) is 0 Å². The Kier molecular flexibility index (Phi) is 3.36. The molecule has 0 atom stereocenters. The molecule has 0 unspecified atom stereocenters. The summed E-state index contributed by atoms with van der Waals surface area (Å²) in [6, 6.07) is 10.1. The molecule has 1 N–H and O–H groups in total. The maximum absolute atomic E-state index is 4.64. The number of benzene rings is 1. The van der Waals surface area contributed by atoms with Gasteiger partial charge in [-0.1, -0.05) is 18.2 Å². The second-order valence-corrected chi connectivity index (χ2v) is 5.34. The Hall–Kier alpha value is -2.01. The number of aromatic nitrogens is 3. The fourth-order valence-electron chi connectivity index (χ4n) is 2.13. The summed E-state index contributed by atoms with van der Waals surface area (Å²) in [5, 5.41) is 4.19. The number of rotatable bonds is 2. The van der Waals surface area contributed by atoms with Crippen LogP contribution >= 0.6 is 15.9 Å². The van der Waals surface area contributed by atoms with E-state index >= 15 is 0 Å². The first-order valence-corrected chi connectivity index (χ1v) is 7.05. The van der Waals surface area contributed by atoms with E-state index in [0.29, 0.717) is 5.82 Å². The Morgan fingerprint density at radius 2 is 1.95 bits per heavy atom. The number of fused-ring (bicyclic) bond motifs is 1. The molecule has 0 aliphatic carbocycles. The van der Waals surface area contributed by atoms with Crippen LogP contribution < -0.4 is 5.32 Å². The first kappa shape index (κ1) is 13.0. The zero-order valence-electron chi connectivity index (χ0n) is 11.2. The fourth-order valence-corrected chi connectivity index (χ4v) is 2.52. The highest BCUT2D eigenvalue weighted by Crippen LogP contribution is 2.25. The molecule has 0 bridgehead atoms. The van der Waals surface area contributed by atoms with Crippen LogP contribution in [0.5, 0.6) is 0 Å². The van der Waals surface area contributed by atoms with Crippen LogP contribution in [0.2, 0.25) is 0 Å². The molecule has 0 radical (unpaired) electrons. The van der Waals surface area contributed by atoms with Crippen molar-refractivity contribution in [3.8, 4) is 11.5 Å². The minimum absolute atomic E-state index is 0.617. The minimum atomic E-state index is 0.617. The molecule has 2 heterocycles. The van der Waals surface area contributed by atoms with Crippen molar-refractivity contribution < 1.29 is 0 Å². The van der Waals surface area contributed by atoms with E-state index in [1.165, 1.54) is 5.56 Å². The van der Waals surface area contributed by atoms with Gasteiger partial charge in [0.2, 0.25) is 0 Å². The molecule has 4 nitrogen and oxygen atoms in total. The lowest BCUT2D eigenvalue weighted by molar-refractivity contribution is 1.13. The Labute approximate surface area is 125 Å². The summed E-state index contributed by atoms with van der Waals surface area (Å²) in [4.78, 5) is 13.5. The van der Waals surface area contributed by atoms with Crippen molar-refractivity contribution >= 4 is 32.7 Å². The molecule has 0 spiro atoms. The Bertz CT molecular complexity index is 786. The van der Waals surface area contributed by atoms with Crippen LogP contribution in [0.15, 0.2) is 41.0 Å². The largest absolute Gasteiger partial charge is 0.372 e. The second kappa shape index (κ2) is 5.17. The highest BCUT2D eigenvalue weighted by molar-refractivity contribution is 9.10. The van der Waals surface area contributed by atoms with Gasteiger partial charge in [-0.05, 0) is 40.5 Å². The van der Waals surface area contributed by atoms with Gasteiger partial charge in [-0.25, -0.2) is 15.0 Å². The number of pyridine rings is 1. The highest BCUT2D eigenvalue weighted by Gasteiger charge is 2.09. The number of nitrogens with zero attached hydrogens (tertiary/aromatic N) is 3. The first-order valence-electron chi connectivity index (χ1n) is 6.26. The molecule has 100 valence electrons. The summed E-state index contributed by atoms with van der Waals surface area (Å²) >= 11 is 3.41. The number of anilines is 1. The van der Waals surface area contributed by atoms with E-state index in [0.717, 1.165) is 26.9 Å². The molecule has 0 saturated heterocycles. The SMILES string of the molecule is CNc1nc(-c2cc(C)c3ccccc3n2)ncc1Br. The first-order chi connectivity index (χ1) is 9.69. The Morgan fingerprint density at radius 1 is 1.15 bits per heavy atom. The number of hydrogen-bond acceptors (Lipinski definition) is 4. The van der Waals surface area contributed by atoms with E-state index in [9.17, 15) is 0 Å². The highest BCUT2D eigenvalue weighted by atomic mass is 79.9. The van der Waals surface area contributed by atoms with Gasteiger partial charge in [0.1, 0.15) is 11.5 Å². The number of nitrogens with one attached hydrogen (secondary N) is 1. The maximum atomic E-state index is 4.64. The average Bonchev–Trinajstić information content (AvgIpc) is 2.47. The maximum Gasteiger partial charge on any atom is 0.180 e. The molecule has 2 aromatic heterocycles. The number of halogens is 1. The summed E-state index contributed by atoms with van der Waals surface area (Å²) in [5.74, 6) is 1.37. The standard InChI is InChI=1S/C15H13BrN4/c1-9-7-13(19-12-6-4-3-5-10(9)12)15-18-8-11(16)14(17-2)20-15/h3-8H,1-2H3,(H,17,18,20). The van der Waals surface area contributed by atoms with E-state index in [1.807, 2.05) is 31.3 Å².